The molecular weight excluding hydrogens is 1120 g/mol. The third-order valence-corrected chi connectivity index (χ3v) is 23.7. The first-order valence-electron chi connectivity index (χ1n) is 33.6. The van der Waals surface area contributed by atoms with Crippen molar-refractivity contribution in [3.8, 4) is 11.3 Å². The number of morpholine rings is 1. The average Bonchev–Trinajstić information content (AvgIpc) is 1.57. The summed E-state index contributed by atoms with van der Waals surface area (Å²) in [5.41, 5.74) is 10.2. The molecule has 1 aromatic carbocycles. The van der Waals surface area contributed by atoms with Gasteiger partial charge in [0.1, 0.15) is 16.8 Å². The van der Waals surface area contributed by atoms with Gasteiger partial charge >= 0.3 is 5.97 Å². The molecule has 87 heavy (non-hydrogen) atoms. The number of anilines is 2. The number of cyclic esters (lactones) is 1. The lowest BCUT2D eigenvalue weighted by molar-refractivity contribution is -0.156. The number of nitrogens with one attached hydrogen (secondary N) is 2. The number of benzene rings is 1. The molecule has 11 atom stereocenters. The van der Waals surface area contributed by atoms with Crippen molar-refractivity contribution in [3.05, 3.63) is 41.7 Å². The van der Waals surface area contributed by atoms with Gasteiger partial charge in [-0.3, -0.25) is 39.0 Å². The van der Waals surface area contributed by atoms with Gasteiger partial charge in [0.25, 0.3) is 5.91 Å². The number of carbonyl (C=O) groups excluding carboxylic acids is 4. The molecule has 476 valence electrons. The Balaban J connectivity index is 0.792. The lowest BCUT2D eigenvalue weighted by Crippen LogP contribution is -2.62. The molecule has 13 rings (SSSR count). The number of hydrazine groups is 1. The summed E-state index contributed by atoms with van der Waals surface area (Å²) in [6.45, 7) is 24.5. The number of amides is 3. The number of carbonyl (C=O) groups is 4. The monoisotopic (exact) mass is 1220 g/mol. The number of esters is 1. The van der Waals surface area contributed by atoms with Crippen molar-refractivity contribution in [2.24, 2.45) is 22.7 Å². The van der Waals surface area contributed by atoms with Gasteiger partial charge in [-0.1, -0.05) is 33.1 Å². The number of aryl methyl sites for hydroxylation is 1. The lowest BCUT2D eigenvalue weighted by Gasteiger charge is -2.45. The van der Waals surface area contributed by atoms with Crippen LogP contribution in [0, 0.1) is 22.7 Å². The molecule has 2 saturated carbocycles. The van der Waals surface area contributed by atoms with Crippen LogP contribution in [0.25, 0.3) is 22.2 Å². The molecule has 20 heteroatoms. The fourth-order valence-corrected chi connectivity index (χ4v) is 18.3. The van der Waals surface area contributed by atoms with Gasteiger partial charge in [0, 0.05) is 129 Å². The van der Waals surface area contributed by atoms with Crippen molar-refractivity contribution >= 4 is 57.3 Å². The molecule has 9 fully saturated rings. The first-order chi connectivity index (χ1) is 41.8. The van der Waals surface area contributed by atoms with Crippen LogP contribution in [-0.2, 0) is 57.7 Å². The van der Waals surface area contributed by atoms with Crippen LogP contribution in [0.3, 0.4) is 0 Å². The third-order valence-electron chi connectivity index (χ3n) is 21.8. The molecule has 8 aliphatic heterocycles. The summed E-state index contributed by atoms with van der Waals surface area (Å²) in [6, 6.07) is 7.37. The SMILES string of the molecule is CCn1c(-c2cc(N3CCN4CCCC[C@@H]4C3)cnc2[C@H](C)OC)c2c3cc(ccc31)N1CCO[C@@H](C[C@H](NC(=O)[C@H](C3CCCC3)N3CC[C@]4(CCN(C(=O)[C@H]5[C@@H](C6CC6)N5[S@+]([O-])C(C)(C)C)C4)C3)C(=O)N3CCC[C@H](N3)C(=O)OCC(C)(C)C2)C1. The van der Waals surface area contributed by atoms with Crippen molar-refractivity contribution in [2.45, 2.75) is 205 Å². The van der Waals surface area contributed by atoms with Crippen molar-refractivity contribution < 1.29 is 37.9 Å². The van der Waals surface area contributed by atoms with E-state index in [9.17, 15) is 14.1 Å². The second-order valence-corrected chi connectivity index (χ2v) is 31.8. The number of hydrogen-bond donors (Lipinski definition) is 2. The van der Waals surface area contributed by atoms with Crippen LogP contribution >= 0.6 is 0 Å². The maximum absolute atomic E-state index is 15.5. The fourth-order valence-electron chi connectivity index (χ4n) is 16.8. The number of fused-ring (bicyclic) bond motifs is 7. The van der Waals surface area contributed by atoms with Gasteiger partial charge in [-0.15, -0.1) is 4.31 Å². The van der Waals surface area contributed by atoms with Crippen LogP contribution in [0.15, 0.2) is 30.5 Å². The number of pyridine rings is 1. The molecule has 2 aliphatic carbocycles. The number of nitrogens with zero attached hydrogens (tertiary/aromatic N) is 9. The van der Waals surface area contributed by atoms with Gasteiger partial charge in [0.05, 0.1) is 60.8 Å². The summed E-state index contributed by atoms with van der Waals surface area (Å²) < 4.78 is 36.8. The molecule has 10 heterocycles. The lowest BCUT2D eigenvalue weighted by atomic mass is 9.84. The normalized spacial score (nSPS) is 31.4. The van der Waals surface area contributed by atoms with Crippen LogP contribution in [0.5, 0.6) is 0 Å². The Hall–Kier alpha value is -4.54. The summed E-state index contributed by atoms with van der Waals surface area (Å²) in [7, 11) is 1.76. The summed E-state index contributed by atoms with van der Waals surface area (Å²) in [5.74, 6) is -0.118. The van der Waals surface area contributed by atoms with E-state index >= 15 is 9.59 Å². The Bertz CT molecular complexity index is 3050. The first-order valence-corrected chi connectivity index (χ1v) is 34.7. The molecule has 6 bridgehead atoms. The smallest absolute Gasteiger partial charge is 0.324 e. The largest absolute Gasteiger partial charge is 0.597 e. The Kier molecular flexibility index (Phi) is 17.3. The van der Waals surface area contributed by atoms with Gasteiger partial charge in [0.2, 0.25) is 11.8 Å². The minimum Gasteiger partial charge on any atom is -0.597 e. The standard InChI is InChI=1S/C67H99N11O8S/c1-9-76-55-22-21-46-33-50(55)52(59(76)51-34-48(37-68-56(51)43(2)84-8)72-30-29-71-25-13-12-17-47(71)38-72)36-66(6,7)42-86-64(82)53-18-14-26-77(70-53)62(80)54(35-49-39-73(46)31-32-85-49)69-61(79)58(44-15-10-11-16-44)74-27-23-67(40-74)24-28-75(41-67)63(81)60-57(45-19-20-45)78(60)87(83)65(3,4)5/h21-22,33-34,37,43-45,47,49,53-54,57-58,60,70H,9-20,23-32,35-36,38-42H2,1-8H3,(H,69,79)/t43-,47+,49-,53-,54-,57+,58-,60+,67-,78?,87+/m0/s1. The number of likely N-dealkylation sites (tertiary alicyclic amines) is 2. The zero-order valence-electron chi connectivity index (χ0n) is 53.4. The van der Waals surface area contributed by atoms with Gasteiger partial charge < -0.3 is 43.3 Å². The molecule has 19 nitrogen and oxygen atoms in total. The van der Waals surface area contributed by atoms with E-state index in [1.165, 1.54) is 31.4 Å². The Morgan fingerprint density at radius 1 is 0.908 bits per heavy atom. The highest BCUT2D eigenvalue weighted by Gasteiger charge is 2.68. The second kappa shape index (κ2) is 24.6. The zero-order chi connectivity index (χ0) is 60.7. The van der Waals surface area contributed by atoms with E-state index in [2.05, 4.69) is 93.1 Å². The first kappa shape index (κ1) is 61.3. The summed E-state index contributed by atoms with van der Waals surface area (Å²) in [4.78, 5) is 76.9. The van der Waals surface area contributed by atoms with Gasteiger partial charge in [-0.25, -0.2) is 5.43 Å². The van der Waals surface area contributed by atoms with E-state index in [0.29, 0.717) is 77.1 Å². The minimum atomic E-state index is -1.25. The molecule has 3 amide bonds. The molecule has 2 N–H and O–H groups in total. The predicted octanol–water partition coefficient (Wildman–Crippen LogP) is 7.21. The van der Waals surface area contributed by atoms with E-state index < -0.39 is 51.7 Å². The molecule has 3 aromatic rings. The number of aromatic nitrogens is 2. The highest BCUT2D eigenvalue weighted by atomic mass is 32.2. The number of hydrogen-bond acceptors (Lipinski definition) is 15. The highest BCUT2D eigenvalue weighted by Crippen LogP contribution is 2.52. The van der Waals surface area contributed by atoms with E-state index in [4.69, 9.17) is 19.2 Å². The van der Waals surface area contributed by atoms with Crippen LogP contribution in [0.4, 0.5) is 11.4 Å². The maximum Gasteiger partial charge on any atom is 0.324 e. The topological polar surface area (TPSA) is 183 Å². The number of piperazine rings is 1. The van der Waals surface area contributed by atoms with Crippen molar-refractivity contribution in [1.82, 2.24) is 44.3 Å². The van der Waals surface area contributed by atoms with E-state index in [1.807, 2.05) is 30.0 Å². The Labute approximate surface area is 519 Å². The van der Waals surface area contributed by atoms with Gasteiger partial charge in [-0.05, 0) is 160 Å². The average molecular weight is 1220 g/mol. The summed E-state index contributed by atoms with van der Waals surface area (Å²) in [6.07, 6.45) is 15.1. The maximum atomic E-state index is 15.5. The predicted molar refractivity (Wildman–Crippen MR) is 338 cm³/mol. The number of methoxy groups -OCH3 is 1. The molecule has 0 radical (unpaired) electrons. The van der Waals surface area contributed by atoms with E-state index in [0.717, 1.165) is 123 Å². The molecular formula is C67H99N11O8S. The van der Waals surface area contributed by atoms with Crippen LogP contribution in [0.1, 0.15) is 156 Å². The highest BCUT2D eigenvalue weighted by molar-refractivity contribution is 7.90. The zero-order valence-corrected chi connectivity index (χ0v) is 54.2. The van der Waals surface area contributed by atoms with Crippen LogP contribution in [-0.4, -0.2) is 201 Å². The van der Waals surface area contributed by atoms with Crippen molar-refractivity contribution in [1.29, 1.82) is 0 Å². The molecule has 1 spiro atoms. The Morgan fingerprint density at radius 2 is 1.69 bits per heavy atom. The second-order valence-electron chi connectivity index (χ2n) is 29.6. The Morgan fingerprint density at radius 3 is 2.46 bits per heavy atom. The quantitative estimate of drug-likeness (QED) is 0.105. The van der Waals surface area contributed by atoms with Gasteiger partial charge in [0.15, 0.2) is 6.04 Å². The van der Waals surface area contributed by atoms with Crippen LogP contribution < -0.4 is 20.5 Å². The minimum absolute atomic E-state index is 0.0645. The van der Waals surface area contributed by atoms with Crippen molar-refractivity contribution in [3.63, 3.8) is 0 Å². The molecule has 1 unspecified atom stereocenters. The van der Waals surface area contributed by atoms with Gasteiger partial charge in [-0.2, -0.15) is 0 Å². The number of ether oxygens (including phenoxy) is 3. The molecule has 2 aromatic heterocycles. The summed E-state index contributed by atoms with van der Waals surface area (Å²) in [5, 5.41) is 6.11. The molecule has 10 aliphatic rings. The summed E-state index contributed by atoms with van der Waals surface area (Å²) >= 11 is -1.25. The fraction of sp³-hybridized carbons (Fsp3) is 0.746. The number of rotatable bonds is 12. The van der Waals surface area contributed by atoms with Crippen LogP contribution in [0.2, 0.25) is 0 Å². The third kappa shape index (κ3) is 12.3. The number of piperidine rings is 1. The molecule has 7 saturated heterocycles. The van der Waals surface area contributed by atoms with E-state index in [-0.39, 0.29) is 60.3 Å². The van der Waals surface area contributed by atoms with E-state index in [1.54, 1.807) is 12.1 Å². The van der Waals surface area contributed by atoms with Crippen molar-refractivity contribution in [2.75, 3.05) is 102 Å².